The summed E-state index contributed by atoms with van der Waals surface area (Å²) in [5.41, 5.74) is 1.98. The molecule has 0 aliphatic carbocycles. The second kappa shape index (κ2) is 5.96. The van der Waals surface area contributed by atoms with Gasteiger partial charge in [0.15, 0.2) is 0 Å². The van der Waals surface area contributed by atoms with Crippen molar-refractivity contribution in [3.63, 3.8) is 0 Å². The van der Waals surface area contributed by atoms with E-state index in [1.807, 2.05) is 0 Å². The molecule has 0 atom stereocenters. The highest BCUT2D eigenvalue weighted by Crippen LogP contribution is 2.20. The van der Waals surface area contributed by atoms with E-state index in [9.17, 15) is 4.79 Å². The third-order valence-corrected chi connectivity index (χ3v) is 2.92. The van der Waals surface area contributed by atoms with E-state index in [-0.39, 0.29) is 5.56 Å². The molecule has 22 heavy (non-hydrogen) atoms. The van der Waals surface area contributed by atoms with Crippen molar-refractivity contribution in [3.05, 3.63) is 60.6 Å². The highest BCUT2D eigenvalue weighted by molar-refractivity contribution is 5.94. The standard InChI is InChI=1S/C15H11N5O2/c21-14(22)11-4-1-2-5-13(11)19-15-16-8-10(9-17-15)12-6-3-7-18-20-12/h1-9H,(H,21,22)(H,16,17,19). The number of aromatic carboxylic acids is 1. The van der Waals surface area contributed by atoms with E-state index in [0.29, 0.717) is 17.3 Å². The summed E-state index contributed by atoms with van der Waals surface area (Å²) in [5.74, 6) is -0.708. The van der Waals surface area contributed by atoms with Crippen molar-refractivity contribution in [2.24, 2.45) is 0 Å². The van der Waals surface area contributed by atoms with Crippen molar-refractivity contribution in [1.82, 2.24) is 20.2 Å². The molecular formula is C15H11N5O2. The number of nitrogens with zero attached hydrogens (tertiary/aromatic N) is 4. The first-order chi connectivity index (χ1) is 10.7. The summed E-state index contributed by atoms with van der Waals surface area (Å²) in [6.45, 7) is 0. The van der Waals surface area contributed by atoms with Crippen LogP contribution in [0.1, 0.15) is 10.4 Å². The quantitative estimate of drug-likeness (QED) is 0.761. The van der Waals surface area contributed by atoms with Gasteiger partial charge in [-0.25, -0.2) is 14.8 Å². The third-order valence-electron chi connectivity index (χ3n) is 2.92. The van der Waals surface area contributed by atoms with Gasteiger partial charge in [-0.1, -0.05) is 12.1 Å². The Bertz CT molecular complexity index is 791. The van der Waals surface area contributed by atoms with Gasteiger partial charge in [0.05, 0.1) is 16.9 Å². The van der Waals surface area contributed by atoms with Crippen LogP contribution in [0.5, 0.6) is 0 Å². The highest BCUT2D eigenvalue weighted by Gasteiger charge is 2.10. The summed E-state index contributed by atoms with van der Waals surface area (Å²) in [5, 5.41) is 19.8. The van der Waals surface area contributed by atoms with Crippen LogP contribution in [0.4, 0.5) is 11.6 Å². The molecule has 3 rings (SSSR count). The molecule has 108 valence electrons. The minimum absolute atomic E-state index is 0.157. The highest BCUT2D eigenvalue weighted by atomic mass is 16.4. The van der Waals surface area contributed by atoms with Gasteiger partial charge >= 0.3 is 5.97 Å². The Hall–Kier alpha value is -3.35. The van der Waals surface area contributed by atoms with Crippen molar-refractivity contribution in [2.75, 3.05) is 5.32 Å². The molecule has 3 aromatic rings. The molecule has 0 saturated carbocycles. The van der Waals surface area contributed by atoms with Crippen LogP contribution in [0.25, 0.3) is 11.3 Å². The molecule has 2 heterocycles. The van der Waals surface area contributed by atoms with Crippen molar-refractivity contribution in [3.8, 4) is 11.3 Å². The van der Waals surface area contributed by atoms with Gasteiger partial charge in [0.25, 0.3) is 0 Å². The summed E-state index contributed by atoms with van der Waals surface area (Å²) in [6.07, 6.45) is 4.79. The van der Waals surface area contributed by atoms with E-state index in [1.54, 1.807) is 48.9 Å². The minimum Gasteiger partial charge on any atom is -0.478 e. The van der Waals surface area contributed by atoms with E-state index in [4.69, 9.17) is 5.11 Å². The second-order valence-corrected chi connectivity index (χ2v) is 4.38. The summed E-state index contributed by atoms with van der Waals surface area (Å²) in [4.78, 5) is 19.5. The number of anilines is 2. The predicted octanol–water partition coefficient (Wildman–Crippen LogP) is 2.38. The summed E-state index contributed by atoms with van der Waals surface area (Å²) < 4.78 is 0. The third kappa shape index (κ3) is 2.88. The molecule has 0 unspecified atom stereocenters. The van der Waals surface area contributed by atoms with Crippen molar-refractivity contribution in [1.29, 1.82) is 0 Å². The number of hydrogen-bond donors (Lipinski definition) is 2. The van der Waals surface area contributed by atoms with E-state index in [1.165, 1.54) is 6.07 Å². The van der Waals surface area contributed by atoms with E-state index >= 15 is 0 Å². The zero-order chi connectivity index (χ0) is 15.4. The number of carboxylic acid groups (broad SMARTS) is 1. The summed E-state index contributed by atoms with van der Waals surface area (Å²) in [7, 11) is 0. The van der Waals surface area contributed by atoms with Crippen LogP contribution in [0.3, 0.4) is 0 Å². The number of carboxylic acids is 1. The van der Waals surface area contributed by atoms with Gasteiger partial charge in [-0.3, -0.25) is 0 Å². The SMILES string of the molecule is O=C(O)c1ccccc1Nc1ncc(-c2cccnn2)cn1. The van der Waals surface area contributed by atoms with Gasteiger partial charge in [-0.2, -0.15) is 10.2 Å². The predicted molar refractivity (Wildman–Crippen MR) is 79.7 cm³/mol. The molecule has 0 saturated heterocycles. The Morgan fingerprint density at radius 3 is 2.50 bits per heavy atom. The lowest BCUT2D eigenvalue weighted by Crippen LogP contribution is -2.04. The first-order valence-electron chi connectivity index (χ1n) is 6.43. The minimum atomic E-state index is -1.01. The van der Waals surface area contributed by atoms with Crippen LogP contribution in [-0.4, -0.2) is 31.2 Å². The second-order valence-electron chi connectivity index (χ2n) is 4.38. The fraction of sp³-hybridized carbons (Fsp3) is 0. The maximum atomic E-state index is 11.2. The van der Waals surface area contributed by atoms with E-state index in [0.717, 1.165) is 5.56 Å². The van der Waals surface area contributed by atoms with Gasteiger partial charge in [0.2, 0.25) is 5.95 Å². The van der Waals surface area contributed by atoms with E-state index < -0.39 is 5.97 Å². The lowest BCUT2D eigenvalue weighted by atomic mass is 10.2. The number of hydrogen-bond acceptors (Lipinski definition) is 6. The molecule has 7 nitrogen and oxygen atoms in total. The fourth-order valence-corrected chi connectivity index (χ4v) is 1.88. The van der Waals surface area contributed by atoms with Crippen LogP contribution >= 0.6 is 0 Å². The van der Waals surface area contributed by atoms with Gasteiger partial charge < -0.3 is 10.4 Å². The molecular weight excluding hydrogens is 282 g/mol. The fourth-order valence-electron chi connectivity index (χ4n) is 1.88. The Kier molecular flexibility index (Phi) is 3.69. The average molecular weight is 293 g/mol. The van der Waals surface area contributed by atoms with E-state index in [2.05, 4.69) is 25.5 Å². The topological polar surface area (TPSA) is 101 Å². The van der Waals surface area contributed by atoms with Gasteiger partial charge in [-0.05, 0) is 24.3 Å². The number of benzene rings is 1. The molecule has 2 aromatic heterocycles. The van der Waals surface area contributed by atoms with Gasteiger partial charge in [0.1, 0.15) is 0 Å². The van der Waals surface area contributed by atoms with Crippen LogP contribution in [0.15, 0.2) is 55.0 Å². The number of nitrogens with one attached hydrogen (secondary N) is 1. The molecule has 0 spiro atoms. The number of carbonyl (C=O) groups is 1. The largest absolute Gasteiger partial charge is 0.478 e. The Morgan fingerprint density at radius 1 is 1.05 bits per heavy atom. The van der Waals surface area contributed by atoms with Crippen LogP contribution < -0.4 is 5.32 Å². The van der Waals surface area contributed by atoms with Crippen molar-refractivity contribution >= 4 is 17.6 Å². The maximum Gasteiger partial charge on any atom is 0.337 e. The Morgan fingerprint density at radius 2 is 1.82 bits per heavy atom. The van der Waals surface area contributed by atoms with Gasteiger partial charge in [0, 0.05) is 24.2 Å². The Labute approximate surface area is 125 Å². The normalized spacial score (nSPS) is 10.2. The number of para-hydroxylation sites is 1. The summed E-state index contributed by atoms with van der Waals surface area (Å²) >= 11 is 0. The monoisotopic (exact) mass is 293 g/mol. The zero-order valence-corrected chi connectivity index (χ0v) is 11.3. The van der Waals surface area contributed by atoms with Crippen LogP contribution in [-0.2, 0) is 0 Å². The lowest BCUT2D eigenvalue weighted by Gasteiger charge is -2.08. The first-order valence-corrected chi connectivity index (χ1v) is 6.43. The Balaban J connectivity index is 1.84. The molecule has 2 N–H and O–H groups in total. The molecule has 1 aromatic carbocycles. The molecule has 7 heteroatoms. The molecule has 0 aliphatic rings. The smallest absolute Gasteiger partial charge is 0.337 e. The van der Waals surface area contributed by atoms with Crippen molar-refractivity contribution in [2.45, 2.75) is 0 Å². The molecule has 0 radical (unpaired) electrons. The first kappa shape index (κ1) is 13.6. The molecule has 0 aliphatic heterocycles. The molecule has 0 bridgehead atoms. The number of aromatic nitrogens is 4. The van der Waals surface area contributed by atoms with Crippen LogP contribution in [0, 0.1) is 0 Å². The maximum absolute atomic E-state index is 11.2. The molecule has 0 fully saturated rings. The number of rotatable bonds is 4. The zero-order valence-electron chi connectivity index (χ0n) is 11.3. The van der Waals surface area contributed by atoms with Gasteiger partial charge in [-0.15, -0.1) is 0 Å². The molecule has 0 amide bonds. The lowest BCUT2D eigenvalue weighted by molar-refractivity contribution is 0.0698. The summed E-state index contributed by atoms with van der Waals surface area (Å²) in [6, 6.07) is 10.1. The average Bonchev–Trinajstić information content (AvgIpc) is 2.57. The van der Waals surface area contributed by atoms with Crippen molar-refractivity contribution < 1.29 is 9.90 Å². The van der Waals surface area contributed by atoms with Crippen LogP contribution in [0.2, 0.25) is 0 Å².